The van der Waals surface area contributed by atoms with Gasteiger partial charge in [-0.25, -0.2) is 0 Å². The van der Waals surface area contributed by atoms with Gasteiger partial charge in [0.25, 0.3) is 0 Å². The Kier molecular flexibility index (Phi) is 5.49. The second kappa shape index (κ2) is 6.89. The minimum absolute atomic E-state index is 0.222. The number of carboxylic acid groups (broad SMARTS) is 1. The van der Waals surface area contributed by atoms with E-state index in [9.17, 15) is 4.79 Å². The lowest BCUT2D eigenvalue weighted by Crippen LogP contribution is -1.97. The van der Waals surface area contributed by atoms with E-state index in [-0.39, 0.29) is 6.42 Å². The zero-order valence-corrected chi connectivity index (χ0v) is 11.2. The Labute approximate surface area is 108 Å². The molecule has 0 saturated carbocycles. The quantitative estimate of drug-likeness (QED) is 0.758. The van der Waals surface area contributed by atoms with Crippen LogP contribution in [0, 0.1) is 6.92 Å². The first-order valence-electron chi connectivity index (χ1n) is 6.01. The van der Waals surface area contributed by atoms with Gasteiger partial charge in [-0.2, -0.15) is 0 Å². The van der Waals surface area contributed by atoms with E-state index in [2.05, 4.69) is 0 Å². The second-order valence-corrected chi connectivity index (χ2v) is 4.23. The minimum atomic E-state index is -0.742. The van der Waals surface area contributed by atoms with Crippen molar-refractivity contribution in [3.8, 4) is 11.5 Å². The summed E-state index contributed by atoms with van der Waals surface area (Å²) in [5, 5.41) is 8.57. The van der Waals surface area contributed by atoms with E-state index in [0.29, 0.717) is 6.42 Å². The fraction of sp³-hybridized carbons (Fsp3) is 0.500. The maximum Gasteiger partial charge on any atom is 0.303 e. The van der Waals surface area contributed by atoms with Gasteiger partial charge in [0, 0.05) is 12.0 Å². The summed E-state index contributed by atoms with van der Waals surface area (Å²) >= 11 is 0. The maximum atomic E-state index is 10.4. The molecule has 0 aliphatic heterocycles. The molecule has 0 saturated heterocycles. The SMILES string of the molecule is COc1cc(CCCCC(=O)O)cc(OC)c1C. The number of hydrogen-bond donors (Lipinski definition) is 1. The van der Waals surface area contributed by atoms with Gasteiger partial charge in [0.05, 0.1) is 14.2 Å². The van der Waals surface area contributed by atoms with Crippen molar-refractivity contribution in [2.45, 2.75) is 32.6 Å². The molecule has 1 aromatic carbocycles. The third-order valence-electron chi connectivity index (χ3n) is 2.92. The Hall–Kier alpha value is -1.71. The highest BCUT2D eigenvalue weighted by Crippen LogP contribution is 2.30. The predicted octanol–water partition coefficient (Wildman–Crippen LogP) is 2.81. The Bertz CT molecular complexity index is 387. The highest BCUT2D eigenvalue weighted by atomic mass is 16.5. The molecule has 0 aliphatic rings. The van der Waals surface area contributed by atoms with E-state index >= 15 is 0 Å². The molecule has 1 aromatic rings. The summed E-state index contributed by atoms with van der Waals surface area (Å²) in [6.07, 6.45) is 2.59. The Balaban J connectivity index is 2.68. The van der Waals surface area contributed by atoms with Gasteiger partial charge in [-0.3, -0.25) is 4.79 Å². The molecule has 0 bridgehead atoms. The highest BCUT2D eigenvalue weighted by molar-refractivity contribution is 5.66. The first kappa shape index (κ1) is 14.4. The van der Waals surface area contributed by atoms with Crippen LogP contribution in [0.4, 0.5) is 0 Å². The van der Waals surface area contributed by atoms with Crippen LogP contribution >= 0.6 is 0 Å². The minimum Gasteiger partial charge on any atom is -0.496 e. The lowest BCUT2D eigenvalue weighted by molar-refractivity contribution is -0.137. The van der Waals surface area contributed by atoms with Crippen LogP contribution in [-0.2, 0) is 11.2 Å². The molecule has 4 heteroatoms. The van der Waals surface area contributed by atoms with Crippen molar-refractivity contribution >= 4 is 5.97 Å². The van der Waals surface area contributed by atoms with Crippen molar-refractivity contribution in [1.82, 2.24) is 0 Å². The molecule has 1 N–H and O–H groups in total. The van der Waals surface area contributed by atoms with Gasteiger partial charge in [0.2, 0.25) is 0 Å². The fourth-order valence-corrected chi connectivity index (χ4v) is 1.89. The lowest BCUT2D eigenvalue weighted by atomic mass is 10.0. The number of benzene rings is 1. The summed E-state index contributed by atoms with van der Waals surface area (Å²) in [7, 11) is 3.27. The molecule has 0 atom stereocenters. The van der Waals surface area contributed by atoms with E-state index < -0.39 is 5.97 Å². The Morgan fingerprint density at radius 1 is 1.17 bits per heavy atom. The van der Waals surface area contributed by atoms with Crippen molar-refractivity contribution in [3.63, 3.8) is 0 Å². The van der Waals surface area contributed by atoms with Crippen molar-refractivity contribution in [2.75, 3.05) is 14.2 Å². The van der Waals surface area contributed by atoms with Crippen LogP contribution < -0.4 is 9.47 Å². The number of carboxylic acids is 1. The van der Waals surface area contributed by atoms with Gasteiger partial charge in [-0.05, 0) is 43.9 Å². The Morgan fingerprint density at radius 3 is 2.17 bits per heavy atom. The zero-order chi connectivity index (χ0) is 13.5. The number of aliphatic carboxylic acids is 1. The van der Waals surface area contributed by atoms with Crippen LogP contribution in [0.5, 0.6) is 11.5 Å². The van der Waals surface area contributed by atoms with Crippen LogP contribution in [0.1, 0.15) is 30.4 Å². The molecule has 0 aromatic heterocycles. The topological polar surface area (TPSA) is 55.8 Å². The molecule has 18 heavy (non-hydrogen) atoms. The van der Waals surface area contributed by atoms with E-state index in [1.807, 2.05) is 19.1 Å². The van der Waals surface area contributed by atoms with Gasteiger partial charge < -0.3 is 14.6 Å². The molecule has 100 valence electrons. The summed E-state index contributed by atoms with van der Waals surface area (Å²) in [4.78, 5) is 10.4. The van der Waals surface area contributed by atoms with Gasteiger partial charge in [-0.1, -0.05) is 0 Å². The smallest absolute Gasteiger partial charge is 0.303 e. The van der Waals surface area contributed by atoms with Gasteiger partial charge >= 0.3 is 5.97 Å². The first-order valence-corrected chi connectivity index (χ1v) is 6.01. The predicted molar refractivity (Wildman–Crippen MR) is 69.5 cm³/mol. The third kappa shape index (κ3) is 3.95. The number of rotatable bonds is 7. The number of ether oxygens (including phenoxy) is 2. The van der Waals surface area contributed by atoms with Crippen molar-refractivity contribution in [2.24, 2.45) is 0 Å². The van der Waals surface area contributed by atoms with Crippen molar-refractivity contribution < 1.29 is 19.4 Å². The molecule has 4 nitrogen and oxygen atoms in total. The van der Waals surface area contributed by atoms with Crippen LogP contribution in [0.25, 0.3) is 0 Å². The van der Waals surface area contributed by atoms with Gasteiger partial charge in [0.1, 0.15) is 11.5 Å². The number of aryl methyl sites for hydroxylation is 1. The molecular weight excluding hydrogens is 232 g/mol. The van der Waals surface area contributed by atoms with Crippen LogP contribution in [-0.4, -0.2) is 25.3 Å². The number of carbonyl (C=O) groups is 1. The fourth-order valence-electron chi connectivity index (χ4n) is 1.89. The van der Waals surface area contributed by atoms with E-state index in [4.69, 9.17) is 14.6 Å². The van der Waals surface area contributed by atoms with Crippen molar-refractivity contribution in [1.29, 1.82) is 0 Å². The average Bonchev–Trinajstić information content (AvgIpc) is 2.35. The van der Waals surface area contributed by atoms with Gasteiger partial charge in [-0.15, -0.1) is 0 Å². The third-order valence-corrected chi connectivity index (χ3v) is 2.92. The molecule has 1 rings (SSSR count). The summed E-state index contributed by atoms with van der Waals surface area (Å²) in [6, 6.07) is 3.97. The van der Waals surface area contributed by atoms with E-state index in [1.165, 1.54) is 0 Å². The Morgan fingerprint density at radius 2 is 1.72 bits per heavy atom. The highest BCUT2D eigenvalue weighted by Gasteiger charge is 2.08. The standard InChI is InChI=1S/C14H20O4/c1-10-12(17-2)8-11(9-13(10)18-3)6-4-5-7-14(15)16/h8-9H,4-7H2,1-3H3,(H,15,16). The maximum absolute atomic E-state index is 10.4. The van der Waals surface area contributed by atoms with E-state index in [0.717, 1.165) is 35.5 Å². The molecule has 0 amide bonds. The summed E-state index contributed by atoms with van der Waals surface area (Å²) < 4.78 is 10.6. The summed E-state index contributed by atoms with van der Waals surface area (Å²) in [5.41, 5.74) is 2.09. The molecular formula is C14H20O4. The molecule has 0 fully saturated rings. The molecule has 0 heterocycles. The average molecular weight is 252 g/mol. The van der Waals surface area contributed by atoms with Crippen LogP contribution in [0.2, 0.25) is 0 Å². The second-order valence-electron chi connectivity index (χ2n) is 4.23. The number of unbranched alkanes of at least 4 members (excludes halogenated alkanes) is 1. The largest absolute Gasteiger partial charge is 0.496 e. The molecule has 0 radical (unpaired) electrons. The monoisotopic (exact) mass is 252 g/mol. The van der Waals surface area contributed by atoms with Crippen LogP contribution in [0.15, 0.2) is 12.1 Å². The zero-order valence-electron chi connectivity index (χ0n) is 11.2. The molecule has 0 spiro atoms. The lowest BCUT2D eigenvalue weighted by Gasteiger charge is -2.12. The van der Waals surface area contributed by atoms with Gasteiger partial charge in [0.15, 0.2) is 0 Å². The first-order chi connectivity index (χ1) is 8.58. The normalized spacial score (nSPS) is 10.2. The number of hydrogen-bond acceptors (Lipinski definition) is 3. The van der Waals surface area contributed by atoms with Crippen LogP contribution in [0.3, 0.4) is 0 Å². The molecule has 0 unspecified atom stereocenters. The summed E-state index contributed by atoms with van der Waals surface area (Å²) in [6.45, 7) is 1.95. The summed E-state index contributed by atoms with van der Waals surface area (Å²) in [5.74, 6) is 0.874. The number of methoxy groups -OCH3 is 2. The van der Waals surface area contributed by atoms with Crippen molar-refractivity contribution in [3.05, 3.63) is 23.3 Å². The molecule has 0 aliphatic carbocycles. The van der Waals surface area contributed by atoms with E-state index in [1.54, 1.807) is 14.2 Å².